The van der Waals surface area contributed by atoms with Crippen molar-refractivity contribution in [3.05, 3.63) is 254 Å². The third kappa shape index (κ3) is 15.9. The average molecular weight is 1160 g/mol. The number of aliphatic hydroxyl groups is 1. The van der Waals surface area contributed by atoms with Gasteiger partial charge in [0.15, 0.2) is 41.2 Å². The van der Waals surface area contributed by atoms with Gasteiger partial charge < -0.3 is 35.5 Å². The van der Waals surface area contributed by atoms with Crippen LogP contribution in [0.1, 0.15) is 75.6 Å². The van der Waals surface area contributed by atoms with Crippen molar-refractivity contribution in [1.82, 2.24) is 19.8 Å². The Hall–Kier alpha value is -9.51. The fourth-order valence-electron chi connectivity index (χ4n) is 8.01. The molecule has 8 aromatic rings. The Labute approximate surface area is 472 Å². The number of nitrogens with zero attached hydrogens (tertiary/aromatic N) is 2. The topological polar surface area (TPSA) is 198 Å². The fraction of sp³-hybridized carbons (Fsp3) is 0.117. The number of aldehydes is 1. The molecule has 82 heavy (non-hydrogen) atoms. The van der Waals surface area contributed by atoms with Gasteiger partial charge >= 0.3 is 0 Å². The van der Waals surface area contributed by atoms with Gasteiger partial charge in [0.05, 0.1) is 30.0 Å². The SMILES string of the molecule is CCO.O=C1Cc2ccc(/C=C/CNC(=O)c3cccn(Cc4cc(F)c(F)c(F)c4)c3=O)cc2N1.O=C1Nc2cc(/C=C/CNC(=O)c3cccn(Cc4cc(F)c(F)c(F)c4)c3=O)ccc2/C1=C/c1cccs1.O=Cc1cccs1. The maximum absolute atomic E-state index is 13.5. The Balaban J connectivity index is 0.000000204. The van der Waals surface area contributed by atoms with Crippen molar-refractivity contribution in [3.8, 4) is 0 Å². The van der Waals surface area contributed by atoms with Crippen molar-refractivity contribution in [2.45, 2.75) is 26.4 Å². The number of hydrogen-bond acceptors (Lipinski definition) is 10. The first-order valence-corrected chi connectivity index (χ1v) is 26.5. The number of amides is 4. The van der Waals surface area contributed by atoms with E-state index in [4.69, 9.17) is 5.11 Å². The largest absolute Gasteiger partial charge is 0.397 e. The highest BCUT2D eigenvalue weighted by atomic mass is 32.1. The molecule has 4 amide bonds. The Morgan fingerprint density at radius 2 is 1.10 bits per heavy atom. The van der Waals surface area contributed by atoms with Crippen LogP contribution in [0.15, 0.2) is 154 Å². The van der Waals surface area contributed by atoms with Gasteiger partial charge in [0.1, 0.15) is 11.1 Å². The summed E-state index contributed by atoms with van der Waals surface area (Å²) in [7, 11) is 0. The van der Waals surface area contributed by atoms with Crippen LogP contribution in [0.2, 0.25) is 0 Å². The third-order valence-corrected chi connectivity index (χ3v) is 13.4. The molecule has 420 valence electrons. The van der Waals surface area contributed by atoms with E-state index in [1.807, 2.05) is 71.4 Å². The minimum absolute atomic E-state index is 0.0358. The molecule has 0 radical (unpaired) electrons. The second kappa shape index (κ2) is 28.6. The first-order chi connectivity index (χ1) is 39.5. The number of carbonyl (C=O) groups is 5. The van der Waals surface area contributed by atoms with Gasteiger partial charge in [0.25, 0.3) is 28.8 Å². The molecule has 0 unspecified atom stereocenters. The number of thiophene rings is 2. The van der Waals surface area contributed by atoms with Crippen LogP contribution in [0.4, 0.5) is 37.7 Å². The minimum Gasteiger partial charge on any atom is -0.397 e. The van der Waals surface area contributed by atoms with Gasteiger partial charge in [-0.1, -0.05) is 60.7 Å². The Morgan fingerprint density at radius 1 is 0.622 bits per heavy atom. The monoisotopic (exact) mass is 1160 g/mol. The van der Waals surface area contributed by atoms with E-state index in [2.05, 4.69) is 21.3 Å². The number of nitrogens with one attached hydrogen (secondary N) is 4. The lowest BCUT2D eigenvalue weighted by Gasteiger charge is -2.09. The number of hydrogen-bond donors (Lipinski definition) is 5. The van der Waals surface area contributed by atoms with E-state index in [0.29, 0.717) is 17.7 Å². The van der Waals surface area contributed by atoms with Crippen LogP contribution in [-0.4, -0.2) is 63.9 Å². The summed E-state index contributed by atoms with van der Waals surface area (Å²) >= 11 is 3.00. The molecule has 0 fully saturated rings. The highest BCUT2D eigenvalue weighted by molar-refractivity contribution is 7.11. The summed E-state index contributed by atoms with van der Waals surface area (Å²) in [6.45, 7) is 1.72. The molecule has 2 aliphatic heterocycles. The van der Waals surface area contributed by atoms with E-state index >= 15 is 0 Å². The molecule has 0 spiro atoms. The molecule has 4 aromatic carbocycles. The van der Waals surface area contributed by atoms with Crippen molar-refractivity contribution in [2.75, 3.05) is 30.3 Å². The standard InChI is InChI=1S/C29H20F3N3O3S.C24H18F3N3O3.C5H4OS.C2H6O/c30-23-12-18(13-24(31)26(23)32)16-35-10-2-6-21(29(35)38)27(36)33-9-1-4-17-7-8-20-22(15-19-5-3-11-39-19)28(37)34-25(20)14-17;25-18-9-15(10-19(26)22(18)27)13-30-8-2-4-17(24(30)33)23(32)28-7-1-3-14-5-6-16-12-21(31)29-20(16)11-14;6-4-5-2-1-3-7-5;1-2-3/h1-8,10-15H,9,16H2,(H,33,36)(H,34,37);1-6,8-11H,7,12-13H2,(H,28,32)(H,29,31);1-4H;3H,2H2,1H3/b4-1+,22-15-;3-1+;;. The normalized spacial score (nSPS) is 12.5. The van der Waals surface area contributed by atoms with Gasteiger partial charge in [-0.05, 0) is 124 Å². The van der Waals surface area contributed by atoms with E-state index in [1.54, 1.807) is 48.6 Å². The average Bonchev–Trinajstić information content (AvgIpc) is 4.49. The Bertz CT molecular complexity index is 3830. The van der Waals surface area contributed by atoms with E-state index < -0.39 is 57.8 Å². The van der Waals surface area contributed by atoms with Crippen molar-refractivity contribution < 1.29 is 55.4 Å². The molecule has 4 aromatic heterocycles. The summed E-state index contributed by atoms with van der Waals surface area (Å²) in [6.07, 6.45) is 12.7. The number of aromatic nitrogens is 2. The highest BCUT2D eigenvalue weighted by Gasteiger charge is 2.24. The smallest absolute Gasteiger partial charge is 0.263 e. The molecule has 0 saturated heterocycles. The summed E-state index contributed by atoms with van der Waals surface area (Å²) in [5.74, 6) is -10.1. The van der Waals surface area contributed by atoms with Crippen molar-refractivity contribution in [2.24, 2.45) is 0 Å². The summed E-state index contributed by atoms with van der Waals surface area (Å²) in [5, 5.41) is 22.3. The number of aliphatic hydroxyl groups excluding tert-OH is 1. The lowest BCUT2D eigenvalue weighted by atomic mass is 10.0. The number of rotatable bonds is 14. The Kier molecular flexibility index (Phi) is 21.0. The van der Waals surface area contributed by atoms with E-state index in [9.17, 15) is 59.9 Å². The maximum Gasteiger partial charge on any atom is 0.263 e. The fourth-order valence-corrected chi connectivity index (χ4v) is 9.20. The molecular formula is C60H48F6N6O8S2. The third-order valence-electron chi connectivity index (χ3n) is 11.8. The molecular weight excluding hydrogens is 1110 g/mol. The van der Waals surface area contributed by atoms with Crippen LogP contribution in [0.3, 0.4) is 0 Å². The number of pyridine rings is 2. The number of benzene rings is 4. The summed E-state index contributed by atoms with van der Waals surface area (Å²) in [5.41, 5.74) is 3.90. The van der Waals surface area contributed by atoms with Gasteiger partial charge in [0.2, 0.25) is 5.91 Å². The second-order valence-corrected chi connectivity index (χ2v) is 19.6. The number of fused-ring (bicyclic) bond motifs is 2. The first kappa shape index (κ1) is 60.1. The lowest BCUT2D eigenvalue weighted by molar-refractivity contribution is -0.115. The predicted molar refractivity (Wildman–Crippen MR) is 303 cm³/mol. The van der Waals surface area contributed by atoms with E-state index in [0.717, 1.165) is 77.4 Å². The summed E-state index contributed by atoms with van der Waals surface area (Å²) in [6, 6.07) is 27.4. The number of carbonyl (C=O) groups excluding carboxylic acids is 5. The van der Waals surface area contributed by atoms with E-state index in [1.165, 1.54) is 48.0 Å². The van der Waals surface area contributed by atoms with Gasteiger partial charge in [-0.15, -0.1) is 22.7 Å². The molecule has 0 bridgehead atoms. The van der Waals surface area contributed by atoms with Crippen LogP contribution in [0, 0.1) is 34.9 Å². The highest BCUT2D eigenvalue weighted by Crippen LogP contribution is 2.35. The molecule has 2 aliphatic rings. The van der Waals surface area contributed by atoms with Crippen LogP contribution in [0.25, 0.3) is 23.8 Å². The number of halogens is 6. The van der Waals surface area contributed by atoms with Crippen LogP contribution < -0.4 is 32.4 Å². The molecule has 5 N–H and O–H groups in total. The van der Waals surface area contributed by atoms with Gasteiger partial charge in [0, 0.05) is 53.9 Å². The second-order valence-electron chi connectivity index (χ2n) is 17.6. The minimum atomic E-state index is -1.59. The number of anilines is 2. The molecule has 10 rings (SSSR count). The molecule has 0 atom stereocenters. The molecule has 6 heterocycles. The van der Waals surface area contributed by atoms with Crippen LogP contribution >= 0.6 is 22.7 Å². The molecule has 22 heteroatoms. The van der Waals surface area contributed by atoms with Gasteiger partial charge in [-0.25, -0.2) is 26.3 Å². The summed E-state index contributed by atoms with van der Waals surface area (Å²) < 4.78 is 82.5. The van der Waals surface area contributed by atoms with E-state index in [-0.39, 0.29) is 66.9 Å². The van der Waals surface area contributed by atoms with Crippen molar-refractivity contribution in [3.63, 3.8) is 0 Å². The van der Waals surface area contributed by atoms with Crippen LogP contribution in [-0.2, 0) is 29.1 Å². The quantitative estimate of drug-likeness (QED) is 0.0307. The van der Waals surface area contributed by atoms with Crippen LogP contribution in [0.5, 0.6) is 0 Å². The zero-order valence-corrected chi connectivity index (χ0v) is 44.8. The zero-order chi connectivity index (χ0) is 58.9. The first-order valence-electron chi connectivity index (χ1n) is 24.7. The predicted octanol–water partition coefficient (Wildman–Crippen LogP) is 10.1. The van der Waals surface area contributed by atoms with Crippen molar-refractivity contribution in [1.29, 1.82) is 0 Å². The molecule has 0 saturated carbocycles. The van der Waals surface area contributed by atoms with Crippen molar-refractivity contribution >= 4 is 87.8 Å². The zero-order valence-electron chi connectivity index (χ0n) is 43.2. The lowest BCUT2D eigenvalue weighted by Crippen LogP contribution is -2.33. The maximum atomic E-state index is 13.5. The molecule has 14 nitrogen and oxygen atoms in total. The Morgan fingerprint density at radius 3 is 1.56 bits per heavy atom. The van der Waals surface area contributed by atoms with Gasteiger partial charge in [-0.3, -0.25) is 33.6 Å². The molecule has 0 aliphatic carbocycles. The summed E-state index contributed by atoms with van der Waals surface area (Å²) in [4.78, 5) is 85.9. The van der Waals surface area contributed by atoms with Gasteiger partial charge in [-0.2, -0.15) is 0 Å².